The first-order chi connectivity index (χ1) is 11.7. The quantitative estimate of drug-likeness (QED) is 0.869. The van der Waals surface area contributed by atoms with Crippen LogP contribution in [-0.4, -0.2) is 38.7 Å². The summed E-state index contributed by atoms with van der Waals surface area (Å²) in [5.74, 6) is 2.38. The van der Waals surface area contributed by atoms with Crippen LogP contribution in [0.15, 0.2) is 24.3 Å². The summed E-state index contributed by atoms with van der Waals surface area (Å²) in [7, 11) is 0. The molecule has 126 valence electrons. The summed E-state index contributed by atoms with van der Waals surface area (Å²) in [5.41, 5.74) is 0.734. The van der Waals surface area contributed by atoms with Gasteiger partial charge in [-0.3, -0.25) is 4.79 Å². The van der Waals surface area contributed by atoms with Crippen LogP contribution >= 0.6 is 0 Å². The highest BCUT2D eigenvalue weighted by molar-refractivity contribution is 5.78. The van der Waals surface area contributed by atoms with E-state index in [2.05, 4.69) is 14.8 Å². The lowest BCUT2D eigenvalue weighted by molar-refractivity contribution is -0.131. The standard InChI is InChI=1S/C18H21FN4O/c19-15-4-1-3-13(11-15)12-17(24)22-9-6-14(7-10-22)18-21-20-16-5-2-8-23(16)18/h1,3-4,11,14H,2,5-10,12H2. The number of nitrogens with zero attached hydrogens (tertiary/aromatic N) is 4. The lowest BCUT2D eigenvalue weighted by atomic mass is 9.95. The molecule has 2 aromatic rings. The molecule has 0 N–H and O–H groups in total. The lowest BCUT2D eigenvalue weighted by Gasteiger charge is -2.31. The fourth-order valence-electron chi connectivity index (χ4n) is 3.80. The number of aromatic nitrogens is 3. The van der Waals surface area contributed by atoms with Gasteiger partial charge in [0.15, 0.2) is 0 Å². The van der Waals surface area contributed by atoms with Crippen LogP contribution in [0.25, 0.3) is 0 Å². The van der Waals surface area contributed by atoms with Crippen molar-refractivity contribution in [1.29, 1.82) is 0 Å². The molecule has 0 saturated carbocycles. The van der Waals surface area contributed by atoms with Crippen LogP contribution in [0.5, 0.6) is 0 Å². The highest BCUT2D eigenvalue weighted by Gasteiger charge is 2.29. The van der Waals surface area contributed by atoms with Gasteiger partial charge < -0.3 is 9.47 Å². The molecule has 0 radical (unpaired) electrons. The van der Waals surface area contributed by atoms with E-state index in [-0.39, 0.29) is 18.1 Å². The first-order valence-electron chi connectivity index (χ1n) is 8.65. The van der Waals surface area contributed by atoms with Crippen LogP contribution in [0.2, 0.25) is 0 Å². The smallest absolute Gasteiger partial charge is 0.226 e. The van der Waals surface area contributed by atoms with E-state index in [1.165, 1.54) is 12.1 Å². The van der Waals surface area contributed by atoms with Crippen molar-refractivity contribution in [3.63, 3.8) is 0 Å². The highest BCUT2D eigenvalue weighted by atomic mass is 19.1. The molecule has 5 nitrogen and oxygen atoms in total. The molecule has 0 atom stereocenters. The Morgan fingerprint density at radius 3 is 2.83 bits per heavy atom. The van der Waals surface area contributed by atoms with Crippen LogP contribution in [-0.2, 0) is 24.2 Å². The minimum absolute atomic E-state index is 0.0746. The van der Waals surface area contributed by atoms with E-state index in [9.17, 15) is 9.18 Å². The highest BCUT2D eigenvalue weighted by Crippen LogP contribution is 2.29. The van der Waals surface area contributed by atoms with Crippen LogP contribution in [0.3, 0.4) is 0 Å². The Labute approximate surface area is 140 Å². The van der Waals surface area contributed by atoms with E-state index in [1.54, 1.807) is 12.1 Å². The first kappa shape index (κ1) is 15.3. The van der Waals surface area contributed by atoms with E-state index in [0.717, 1.165) is 62.5 Å². The number of carbonyl (C=O) groups is 1. The number of benzene rings is 1. The Morgan fingerprint density at radius 2 is 2.04 bits per heavy atom. The van der Waals surface area contributed by atoms with E-state index in [4.69, 9.17) is 0 Å². The van der Waals surface area contributed by atoms with Gasteiger partial charge in [0.2, 0.25) is 5.91 Å². The molecule has 0 spiro atoms. The number of fused-ring (bicyclic) bond motifs is 1. The van der Waals surface area contributed by atoms with Gasteiger partial charge in [-0.1, -0.05) is 12.1 Å². The summed E-state index contributed by atoms with van der Waals surface area (Å²) >= 11 is 0. The SMILES string of the molecule is O=C(Cc1cccc(F)c1)N1CCC(c2nnc3n2CCC3)CC1. The summed E-state index contributed by atoms with van der Waals surface area (Å²) in [5, 5.41) is 8.66. The maximum atomic E-state index is 13.2. The third-order valence-electron chi connectivity index (χ3n) is 5.10. The Kier molecular flexibility index (Phi) is 4.04. The molecule has 0 unspecified atom stereocenters. The minimum Gasteiger partial charge on any atom is -0.342 e. The molecule has 4 rings (SSSR count). The molecule has 1 aromatic heterocycles. The summed E-state index contributed by atoms with van der Waals surface area (Å²) in [6.07, 6.45) is 4.30. The van der Waals surface area contributed by atoms with Crippen molar-refractivity contribution in [3.05, 3.63) is 47.3 Å². The molecule has 2 aliphatic rings. The molecule has 0 aliphatic carbocycles. The fraction of sp³-hybridized carbons (Fsp3) is 0.500. The summed E-state index contributed by atoms with van der Waals surface area (Å²) in [6, 6.07) is 6.28. The topological polar surface area (TPSA) is 51.0 Å². The number of likely N-dealkylation sites (tertiary alicyclic amines) is 1. The average molecular weight is 328 g/mol. The summed E-state index contributed by atoms with van der Waals surface area (Å²) < 4.78 is 15.5. The monoisotopic (exact) mass is 328 g/mol. The average Bonchev–Trinajstić information content (AvgIpc) is 3.18. The van der Waals surface area contributed by atoms with E-state index >= 15 is 0 Å². The molecule has 0 bridgehead atoms. The number of piperidine rings is 1. The Hall–Kier alpha value is -2.24. The zero-order valence-corrected chi connectivity index (χ0v) is 13.6. The first-order valence-corrected chi connectivity index (χ1v) is 8.65. The van der Waals surface area contributed by atoms with Crippen LogP contribution < -0.4 is 0 Å². The van der Waals surface area contributed by atoms with Gasteiger partial charge in [-0.2, -0.15) is 0 Å². The number of hydrogen-bond donors (Lipinski definition) is 0. The van der Waals surface area contributed by atoms with Crippen molar-refractivity contribution in [2.75, 3.05) is 13.1 Å². The maximum Gasteiger partial charge on any atom is 0.226 e. The summed E-state index contributed by atoms with van der Waals surface area (Å²) in [4.78, 5) is 14.3. The Balaban J connectivity index is 1.36. The fourth-order valence-corrected chi connectivity index (χ4v) is 3.80. The van der Waals surface area contributed by atoms with Gasteiger partial charge in [0.05, 0.1) is 6.42 Å². The molecule has 3 heterocycles. The molecule has 24 heavy (non-hydrogen) atoms. The molecular formula is C18H21FN4O. The molecule has 1 saturated heterocycles. The molecular weight excluding hydrogens is 307 g/mol. The molecule has 1 fully saturated rings. The number of amides is 1. The molecule has 1 amide bonds. The van der Waals surface area contributed by atoms with Gasteiger partial charge in [-0.25, -0.2) is 4.39 Å². The zero-order valence-electron chi connectivity index (χ0n) is 13.6. The molecule has 6 heteroatoms. The van der Waals surface area contributed by atoms with Gasteiger partial charge in [0.25, 0.3) is 0 Å². The number of aryl methyl sites for hydroxylation is 1. The maximum absolute atomic E-state index is 13.2. The van der Waals surface area contributed by atoms with E-state index < -0.39 is 0 Å². The van der Waals surface area contributed by atoms with Gasteiger partial charge in [0.1, 0.15) is 17.5 Å². The van der Waals surface area contributed by atoms with Crippen molar-refractivity contribution in [1.82, 2.24) is 19.7 Å². The molecule has 1 aromatic carbocycles. The van der Waals surface area contributed by atoms with Gasteiger partial charge in [-0.05, 0) is 37.0 Å². The Morgan fingerprint density at radius 1 is 1.21 bits per heavy atom. The van der Waals surface area contributed by atoms with Crippen molar-refractivity contribution in [2.24, 2.45) is 0 Å². The lowest BCUT2D eigenvalue weighted by Crippen LogP contribution is -2.39. The Bertz CT molecular complexity index is 749. The zero-order chi connectivity index (χ0) is 16.5. The van der Waals surface area contributed by atoms with Crippen molar-refractivity contribution in [3.8, 4) is 0 Å². The van der Waals surface area contributed by atoms with Crippen LogP contribution in [0.4, 0.5) is 4.39 Å². The summed E-state index contributed by atoms with van der Waals surface area (Å²) in [6.45, 7) is 2.50. The van der Waals surface area contributed by atoms with Crippen LogP contribution in [0, 0.1) is 5.82 Å². The van der Waals surface area contributed by atoms with Crippen molar-refractivity contribution < 1.29 is 9.18 Å². The number of carbonyl (C=O) groups excluding carboxylic acids is 1. The largest absolute Gasteiger partial charge is 0.342 e. The van der Waals surface area contributed by atoms with Gasteiger partial charge in [0, 0.05) is 32.0 Å². The number of rotatable bonds is 3. The number of hydrogen-bond acceptors (Lipinski definition) is 3. The normalized spacial score (nSPS) is 18.0. The minimum atomic E-state index is -0.292. The predicted octanol–water partition coefficient (Wildman–Crippen LogP) is 2.31. The molecule has 2 aliphatic heterocycles. The third kappa shape index (κ3) is 2.92. The van der Waals surface area contributed by atoms with Crippen molar-refractivity contribution >= 4 is 5.91 Å². The second kappa shape index (κ2) is 6.34. The van der Waals surface area contributed by atoms with Gasteiger partial charge >= 0.3 is 0 Å². The van der Waals surface area contributed by atoms with Gasteiger partial charge in [-0.15, -0.1) is 10.2 Å². The van der Waals surface area contributed by atoms with Crippen molar-refractivity contribution in [2.45, 2.75) is 44.6 Å². The second-order valence-electron chi connectivity index (χ2n) is 6.69. The third-order valence-corrected chi connectivity index (χ3v) is 5.10. The second-order valence-corrected chi connectivity index (χ2v) is 6.69. The number of halogens is 1. The van der Waals surface area contributed by atoms with Crippen LogP contribution in [0.1, 0.15) is 42.4 Å². The predicted molar refractivity (Wildman–Crippen MR) is 87.0 cm³/mol. The van der Waals surface area contributed by atoms with E-state index in [0.29, 0.717) is 5.92 Å². The van der Waals surface area contributed by atoms with E-state index in [1.807, 2.05) is 4.90 Å².